The number of rotatable bonds is 3. The minimum atomic E-state index is -0.594. The lowest BCUT2D eigenvalue weighted by Crippen LogP contribution is -2.39. The van der Waals surface area contributed by atoms with E-state index in [4.69, 9.17) is 0 Å². The van der Waals surface area contributed by atoms with E-state index in [0.29, 0.717) is 6.04 Å². The molecule has 2 rings (SSSR count). The fourth-order valence-corrected chi connectivity index (χ4v) is 3.47. The standard InChI is InChI=1S/C13H23NO2/c1-3-13(12(15)16)7-8-14(9-13)11-6-4-5-10(11)2/h10-11H,3-9H2,1-2H3,(H,15,16). The number of carboxylic acid groups (broad SMARTS) is 1. The van der Waals surface area contributed by atoms with Crippen LogP contribution in [0.1, 0.15) is 46.0 Å². The molecule has 3 heteroatoms. The number of nitrogens with zero attached hydrogens (tertiary/aromatic N) is 1. The summed E-state index contributed by atoms with van der Waals surface area (Å²) in [7, 11) is 0. The van der Waals surface area contributed by atoms with E-state index in [-0.39, 0.29) is 0 Å². The van der Waals surface area contributed by atoms with E-state index in [1.165, 1.54) is 19.3 Å². The van der Waals surface area contributed by atoms with Gasteiger partial charge in [-0.15, -0.1) is 0 Å². The van der Waals surface area contributed by atoms with Crippen molar-refractivity contribution in [3.05, 3.63) is 0 Å². The number of likely N-dealkylation sites (tertiary alicyclic amines) is 1. The summed E-state index contributed by atoms with van der Waals surface area (Å²) in [5.74, 6) is 0.157. The van der Waals surface area contributed by atoms with Gasteiger partial charge in [-0.1, -0.05) is 20.3 Å². The first-order valence-corrected chi connectivity index (χ1v) is 6.56. The van der Waals surface area contributed by atoms with Gasteiger partial charge in [-0.25, -0.2) is 0 Å². The summed E-state index contributed by atoms with van der Waals surface area (Å²) < 4.78 is 0. The third-order valence-electron chi connectivity index (χ3n) is 4.80. The predicted octanol–water partition coefficient (Wildman–Crippen LogP) is 2.36. The lowest BCUT2D eigenvalue weighted by molar-refractivity contribution is -0.148. The van der Waals surface area contributed by atoms with Crippen molar-refractivity contribution in [3.8, 4) is 0 Å². The monoisotopic (exact) mass is 225 g/mol. The maximum absolute atomic E-state index is 11.4. The summed E-state index contributed by atoms with van der Waals surface area (Å²) in [5, 5.41) is 9.36. The highest BCUT2D eigenvalue weighted by Crippen LogP contribution is 2.39. The van der Waals surface area contributed by atoms with E-state index in [1.807, 2.05) is 6.92 Å². The highest BCUT2D eigenvalue weighted by Gasteiger charge is 2.46. The first kappa shape index (κ1) is 11.9. The van der Waals surface area contributed by atoms with Gasteiger partial charge >= 0.3 is 5.97 Å². The maximum atomic E-state index is 11.4. The molecule has 0 amide bonds. The summed E-state index contributed by atoms with van der Waals surface area (Å²) in [6.45, 7) is 6.07. The van der Waals surface area contributed by atoms with E-state index < -0.39 is 11.4 Å². The quantitative estimate of drug-likeness (QED) is 0.801. The first-order valence-electron chi connectivity index (χ1n) is 6.56. The van der Waals surface area contributed by atoms with E-state index in [1.54, 1.807) is 0 Å². The average Bonchev–Trinajstić information content (AvgIpc) is 2.84. The zero-order valence-corrected chi connectivity index (χ0v) is 10.4. The van der Waals surface area contributed by atoms with E-state index >= 15 is 0 Å². The lowest BCUT2D eigenvalue weighted by Gasteiger charge is -2.29. The zero-order chi connectivity index (χ0) is 11.8. The minimum absolute atomic E-state index is 0.456. The van der Waals surface area contributed by atoms with Gasteiger partial charge in [0.15, 0.2) is 0 Å². The molecular formula is C13H23NO2. The van der Waals surface area contributed by atoms with Gasteiger partial charge in [0, 0.05) is 12.6 Å². The average molecular weight is 225 g/mol. The number of hydrogen-bond donors (Lipinski definition) is 1. The molecule has 1 saturated carbocycles. The van der Waals surface area contributed by atoms with E-state index in [9.17, 15) is 9.90 Å². The molecule has 0 aromatic rings. The van der Waals surface area contributed by atoms with Crippen LogP contribution in [0, 0.1) is 11.3 Å². The molecule has 2 aliphatic rings. The lowest BCUT2D eigenvalue weighted by atomic mass is 9.84. The van der Waals surface area contributed by atoms with Crippen LogP contribution in [0.15, 0.2) is 0 Å². The third kappa shape index (κ3) is 1.86. The fraction of sp³-hybridized carbons (Fsp3) is 0.923. The van der Waals surface area contributed by atoms with Crippen molar-refractivity contribution in [1.29, 1.82) is 0 Å². The largest absolute Gasteiger partial charge is 0.481 e. The number of carbonyl (C=O) groups is 1. The number of aliphatic carboxylic acids is 1. The van der Waals surface area contributed by atoms with Crippen LogP contribution in [-0.2, 0) is 4.79 Å². The molecule has 0 spiro atoms. The molecule has 1 heterocycles. The molecule has 0 bridgehead atoms. The highest BCUT2D eigenvalue weighted by molar-refractivity contribution is 5.75. The van der Waals surface area contributed by atoms with Crippen molar-refractivity contribution in [2.75, 3.05) is 13.1 Å². The molecule has 16 heavy (non-hydrogen) atoms. The van der Waals surface area contributed by atoms with Crippen molar-refractivity contribution in [3.63, 3.8) is 0 Å². The Morgan fingerprint density at radius 3 is 2.69 bits per heavy atom. The van der Waals surface area contributed by atoms with Crippen LogP contribution in [0.4, 0.5) is 0 Å². The van der Waals surface area contributed by atoms with Crippen molar-refractivity contribution in [1.82, 2.24) is 4.90 Å². The third-order valence-corrected chi connectivity index (χ3v) is 4.80. The van der Waals surface area contributed by atoms with Crippen LogP contribution >= 0.6 is 0 Å². The molecule has 0 aromatic carbocycles. The highest BCUT2D eigenvalue weighted by atomic mass is 16.4. The summed E-state index contributed by atoms with van der Waals surface area (Å²) in [4.78, 5) is 13.8. The Morgan fingerprint density at radius 2 is 2.25 bits per heavy atom. The Bertz CT molecular complexity index is 279. The molecule has 3 unspecified atom stereocenters. The van der Waals surface area contributed by atoms with E-state index in [0.717, 1.165) is 31.8 Å². The Balaban J connectivity index is 2.04. The maximum Gasteiger partial charge on any atom is 0.310 e. The molecule has 2 fully saturated rings. The van der Waals surface area contributed by atoms with Crippen LogP contribution in [0.5, 0.6) is 0 Å². The first-order chi connectivity index (χ1) is 7.59. The van der Waals surface area contributed by atoms with Crippen LogP contribution in [-0.4, -0.2) is 35.1 Å². The summed E-state index contributed by atoms with van der Waals surface area (Å²) in [6, 6.07) is 0.646. The Kier molecular flexibility index (Phi) is 3.24. The molecule has 3 atom stereocenters. The minimum Gasteiger partial charge on any atom is -0.481 e. The molecule has 1 aliphatic heterocycles. The molecule has 1 N–H and O–H groups in total. The van der Waals surface area contributed by atoms with Gasteiger partial charge in [0.05, 0.1) is 5.41 Å². The van der Waals surface area contributed by atoms with Gasteiger partial charge in [-0.3, -0.25) is 9.69 Å². The van der Waals surface area contributed by atoms with Gasteiger partial charge in [0.2, 0.25) is 0 Å². The van der Waals surface area contributed by atoms with Gasteiger partial charge in [0.1, 0.15) is 0 Å². The van der Waals surface area contributed by atoms with E-state index in [2.05, 4.69) is 11.8 Å². The molecule has 1 aliphatic carbocycles. The van der Waals surface area contributed by atoms with Crippen LogP contribution in [0.2, 0.25) is 0 Å². The predicted molar refractivity (Wildman–Crippen MR) is 63.4 cm³/mol. The van der Waals surface area contributed by atoms with Crippen molar-refractivity contribution >= 4 is 5.97 Å². The van der Waals surface area contributed by atoms with Gasteiger partial charge in [-0.2, -0.15) is 0 Å². The van der Waals surface area contributed by atoms with Crippen molar-refractivity contribution in [2.45, 2.75) is 52.0 Å². The molecule has 1 saturated heterocycles. The molecule has 3 nitrogen and oxygen atoms in total. The SMILES string of the molecule is CCC1(C(=O)O)CCN(C2CCCC2C)C1. The second kappa shape index (κ2) is 4.36. The Morgan fingerprint density at radius 1 is 1.50 bits per heavy atom. The van der Waals surface area contributed by atoms with Gasteiger partial charge < -0.3 is 5.11 Å². The molecule has 92 valence electrons. The van der Waals surface area contributed by atoms with Crippen molar-refractivity contribution < 1.29 is 9.90 Å². The normalized spacial score (nSPS) is 40.4. The number of carboxylic acids is 1. The topological polar surface area (TPSA) is 40.5 Å². The van der Waals surface area contributed by atoms with Crippen molar-refractivity contribution in [2.24, 2.45) is 11.3 Å². The smallest absolute Gasteiger partial charge is 0.310 e. The summed E-state index contributed by atoms with van der Waals surface area (Å²) in [5.41, 5.74) is -0.456. The van der Waals surface area contributed by atoms with Gasteiger partial charge in [0.25, 0.3) is 0 Å². The molecule has 0 radical (unpaired) electrons. The Hall–Kier alpha value is -0.570. The summed E-state index contributed by atoms with van der Waals surface area (Å²) >= 11 is 0. The van der Waals surface area contributed by atoms with Crippen LogP contribution < -0.4 is 0 Å². The number of hydrogen-bond acceptors (Lipinski definition) is 2. The molecule has 0 aromatic heterocycles. The second-order valence-corrected chi connectivity index (χ2v) is 5.64. The molecular weight excluding hydrogens is 202 g/mol. The van der Waals surface area contributed by atoms with Crippen LogP contribution in [0.25, 0.3) is 0 Å². The fourth-order valence-electron chi connectivity index (χ4n) is 3.47. The second-order valence-electron chi connectivity index (χ2n) is 5.64. The van der Waals surface area contributed by atoms with Crippen LogP contribution in [0.3, 0.4) is 0 Å². The Labute approximate surface area is 97.8 Å². The summed E-state index contributed by atoms with van der Waals surface area (Å²) in [6.07, 6.45) is 5.49. The zero-order valence-electron chi connectivity index (χ0n) is 10.4. The van der Waals surface area contributed by atoms with Gasteiger partial charge in [-0.05, 0) is 38.1 Å².